The minimum Gasteiger partial charge on any atom is -0.492 e. The zero-order valence-electron chi connectivity index (χ0n) is 20.6. The Hall–Kier alpha value is -3.68. The molecule has 3 N–H and O–H groups in total. The van der Waals surface area contributed by atoms with Crippen LogP contribution in [0.4, 0.5) is 16.2 Å². The zero-order valence-corrected chi connectivity index (χ0v) is 20.6. The van der Waals surface area contributed by atoms with E-state index in [9.17, 15) is 9.18 Å². The maximum absolute atomic E-state index is 13.1. The van der Waals surface area contributed by atoms with E-state index in [1.807, 2.05) is 43.3 Å². The summed E-state index contributed by atoms with van der Waals surface area (Å²) in [6.07, 6.45) is 1.37. The fraction of sp³-hybridized carbons (Fsp3) is 0.370. The number of carbonyl (C=O) groups excluding carboxylic acids is 1. The summed E-state index contributed by atoms with van der Waals surface area (Å²) in [6, 6.07) is 17.3. The van der Waals surface area contributed by atoms with Crippen LogP contribution < -0.4 is 20.7 Å². The number of para-hydroxylation sites is 1. The van der Waals surface area contributed by atoms with Crippen molar-refractivity contribution in [2.24, 2.45) is 5.92 Å². The lowest BCUT2D eigenvalue weighted by Gasteiger charge is -2.21. The highest BCUT2D eigenvalue weighted by atomic mass is 19.1. The third-order valence-corrected chi connectivity index (χ3v) is 5.22. The van der Waals surface area contributed by atoms with Gasteiger partial charge in [0.1, 0.15) is 30.0 Å². The number of rotatable bonds is 13. The molecule has 1 heterocycles. The molecule has 1 atom stereocenters. The van der Waals surface area contributed by atoms with E-state index in [4.69, 9.17) is 4.74 Å². The SMILES string of the molecule is Cc1cc(N[C@@H](CC(C)C)C(=O)NCCOc2ccccc2)nc(NCCc2ccc(F)cc2)n1. The molecule has 0 spiro atoms. The predicted octanol–water partition coefficient (Wildman–Crippen LogP) is 4.60. The van der Waals surface area contributed by atoms with E-state index >= 15 is 0 Å². The average molecular weight is 480 g/mol. The smallest absolute Gasteiger partial charge is 0.242 e. The second-order valence-corrected chi connectivity index (χ2v) is 8.80. The Balaban J connectivity index is 1.54. The van der Waals surface area contributed by atoms with Gasteiger partial charge in [0.2, 0.25) is 11.9 Å². The Kier molecular flexibility index (Phi) is 9.83. The van der Waals surface area contributed by atoms with E-state index < -0.39 is 6.04 Å². The molecule has 0 unspecified atom stereocenters. The van der Waals surface area contributed by atoms with Gasteiger partial charge in [0, 0.05) is 18.3 Å². The molecule has 0 aliphatic rings. The summed E-state index contributed by atoms with van der Waals surface area (Å²) in [5.74, 6) is 1.81. The van der Waals surface area contributed by atoms with Crippen LogP contribution >= 0.6 is 0 Å². The molecule has 3 rings (SSSR count). The van der Waals surface area contributed by atoms with Crippen molar-refractivity contribution < 1.29 is 13.9 Å². The first-order valence-electron chi connectivity index (χ1n) is 11.9. The molecule has 0 bridgehead atoms. The molecule has 2 aromatic carbocycles. The quantitative estimate of drug-likeness (QED) is 0.311. The second kappa shape index (κ2) is 13.3. The molecule has 35 heavy (non-hydrogen) atoms. The fourth-order valence-electron chi connectivity index (χ4n) is 3.56. The average Bonchev–Trinajstić information content (AvgIpc) is 2.82. The number of carbonyl (C=O) groups is 1. The highest BCUT2D eigenvalue weighted by Crippen LogP contribution is 2.15. The number of aryl methyl sites for hydroxylation is 1. The Labute approximate surface area is 206 Å². The Morgan fingerprint density at radius 2 is 1.77 bits per heavy atom. The lowest BCUT2D eigenvalue weighted by atomic mass is 10.0. The normalized spacial score (nSPS) is 11.7. The minimum atomic E-state index is -0.437. The molecular weight excluding hydrogens is 445 g/mol. The van der Waals surface area contributed by atoms with E-state index in [1.54, 1.807) is 12.1 Å². The van der Waals surface area contributed by atoms with E-state index in [-0.39, 0.29) is 11.7 Å². The summed E-state index contributed by atoms with van der Waals surface area (Å²) in [5, 5.41) is 9.45. The van der Waals surface area contributed by atoms with Crippen molar-refractivity contribution in [3.8, 4) is 5.75 Å². The summed E-state index contributed by atoms with van der Waals surface area (Å²) in [4.78, 5) is 21.9. The van der Waals surface area contributed by atoms with Crippen LogP contribution in [0.15, 0.2) is 60.7 Å². The van der Waals surface area contributed by atoms with Crippen LogP contribution in [0.2, 0.25) is 0 Å². The molecule has 0 aliphatic carbocycles. The first-order valence-corrected chi connectivity index (χ1v) is 11.9. The van der Waals surface area contributed by atoms with Crippen LogP contribution in [0.3, 0.4) is 0 Å². The van der Waals surface area contributed by atoms with Gasteiger partial charge in [-0.3, -0.25) is 4.79 Å². The number of hydrogen-bond acceptors (Lipinski definition) is 6. The number of halogens is 1. The van der Waals surface area contributed by atoms with Gasteiger partial charge in [-0.05, 0) is 55.5 Å². The number of nitrogens with zero attached hydrogens (tertiary/aromatic N) is 2. The first kappa shape index (κ1) is 25.9. The van der Waals surface area contributed by atoms with Gasteiger partial charge >= 0.3 is 0 Å². The zero-order chi connectivity index (χ0) is 25.0. The topological polar surface area (TPSA) is 88.2 Å². The number of anilines is 2. The van der Waals surface area contributed by atoms with Crippen LogP contribution in [0.1, 0.15) is 31.5 Å². The van der Waals surface area contributed by atoms with Crippen LogP contribution in [0.25, 0.3) is 0 Å². The van der Waals surface area contributed by atoms with Crippen molar-refractivity contribution in [2.45, 2.75) is 39.7 Å². The van der Waals surface area contributed by atoms with Crippen molar-refractivity contribution in [3.63, 3.8) is 0 Å². The van der Waals surface area contributed by atoms with Gasteiger partial charge in [-0.25, -0.2) is 9.37 Å². The minimum absolute atomic E-state index is 0.0996. The van der Waals surface area contributed by atoms with Crippen molar-refractivity contribution in [2.75, 3.05) is 30.3 Å². The molecule has 0 saturated heterocycles. The fourth-order valence-corrected chi connectivity index (χ4v) is 3.56. The molecule has 0 saturated carbocycles. The Morgan fingerprint density at radius 1 is 1.03 bits per heavy atom. The van der Waals surface area contributed by atoms with Crippen LogP contribution in [0, 0.1) is 18.7 Å². The van der Waals surface area contributed by atoms with Crippen LogP contribution in [-0.4, -0.2) is 41.6 Å². The molecule has 0 radical (unpaired) electrons. The monoisotopic (exact) mass is 479 g/mol. The number of amides is 1. The summed E-state index contributed by atoms with van der Waals surface area (Å²) >= 11 is 0. The summed E-state index contributed by atoms with van der Waals surface area (Å²) < 4.78 is 18.7. The Morgan fingerprint density at radius 3 is 2.49 bits per heavy atom. The second-order valence-electron chi connectivity index (χ2n) is 8.80. The molecule has 0 fully saturated rings. The lowest BCUT2D eigenvalue weighted by Crippen LogP contribution is -2.42. The molecule has 186 valence electrons. The number of aromatic nitrogens is 2. The van der Waals surface area contributed by atoms with Crippen LogP contribution in [-0.2, 0) is 11.2 Å². The number of ether oxygens (including phenoxy) is 1. The van der Waals surface area contributed by atoms with Gasteiger partial charge in [-0.15, -0.1) is 0 Å². The molecule has 8 heteroatoms. The van der Waals surface area contributed by atoms with Crippen LogP contribution in [0.5, 0.6) is 5.75 Å². The standard InChI is InChI=1S/C27H34FN5O2/c1-19(2)17-24(26(34)29-15-16-35-23-7-5-4-6-8-23)32-25-18-20(3)31-27(33-25)30-14-13-21-9-11-22(28)12-10-21/h4-12,18-19,24H,13-17H2,1-3H3,(H,29,34)(H2,30,31,32,33)/t24-/m0/s1. The van der Waals surface area contributed by atoms with Crippen molar-refractivity contribution in [1.29, 1.82) is 0 Å². The largest absolute Gasteiger partial charge is 0.492 e. The van der Waals surface area contributed by atoms with Gasteiger partial charge in [0.25, 0.3) is 0 Å². The number of benzene rings is 2. The van der Waals surface area contributed by atoms with E-state index in [2.05, 4.69) is 39.8 Å². The van der Waals surface area contributed by atoms with Gasteiger partial charge in [0.05, 0.1) is 6.54 Å². The van der Waals surface area contributed by atoms with E-state index in [0.29, 0.717) is 50.2 Å². The van der Waals surface area contributed by atoms with E-state index in [0.717, 1.165) is 17.0 Å². The maximum atomic E-state index is 13.1. The van der Waals surface area contributed by atoms with E-state index in [1.165, 1.54) is 12.1 Å². The maximum Gasteiger partial charge on any atom is 0.242 e. The molecule has 3 aromatic rings. The Bertz CT molecular complexity index is 1060. The van der Waals surface area contributed by atoms with Crippen molar-refractivity contribution in [3.05, 3.63) is 77.7 Å². The number of hydrogen-bond donors (Lipinski definition) is 3. The number of nitrogens with one attached hydrogen (secondary N) is 3. The summed E-state index contributed by atoms with van der Waals surface area (Å²) in [5.41, 5.74) is 1.81. The van der Waals surface area contributed by atoms with Gasteiger partial charge in [-0.1, -0.05) is 44.2 Å². The third kappa shape index (κ3) is 9.23. The molecule has 7 nitrogen and oxygen atoms in total. The van der Waals surface area contributed by atoms with Gasteiger partial charge in [-0.2, -0.15) is 4.98 Å². The van der Waals surface area contributed by atoms with Gasteiger partial charge in [0.15, 0.2) is 0 Å². The van der Waals surface area contributed by atoms with Gasteiger partial charge < -0.3 is 20.7 Å². The molecule has 1 aromatic heterocycles. The molecule has 1 amide bonds. The highest BCUT2D eigenvalue weighted by Gasteiger charge is 2.20. The molecule has 0 aliphatic heterocycles. The van der Waals surface area contributed by atoms with Crippen molar-refractivity contribution >= 4 is 17.7 Å². The van der Waals surface area contributed by atoms with Crippen molar-refractivity contribution in [1.82, 2.24) is 15.3 Å². The lowest BCUT2D eigenvalue weighted by molar-refractivity contribution is -0.122. The first-order chi connectivity index (χ1) is 16.9. The summed E-state index contributed by atoms with van der Waals surface area (Å²) in [6.45, 7) is 7.44. The summed E-state index contributed by atoms with van der Waals surface area (Å²) in [7, 11) is 0. The molecular formula is C27H34FN5O2. The predicted molar refractivity (Wildman–Crippen MR) is 137 cm³/mol. The highest BCUT2D eigenvalue weighted by molar-refractivity contribution is 5.84. The third-order valence-electron chi connectivity index (χ3n) is 5.22.